The van der Waals surface area contributed by atoms with Crippen molar-refractivity contribution in [2.24, 2.45) is 0 Å². The van der Waals surface area contributed by atoms with E-state index in [4.69, 9.17) is 4.74 Å². The second-order valence-corrected chi connectivity index (χ2v) is 11.0. The van der Waals surface area contributed by atoms with Gasteiger partial charge < -0.3 is 24.8 Å². The summed E-state index contributed by atoms with van der Waals surface area (Å²) in [5.74, 6) is -3.33. The first kappa shape index (κ1) is 35.0. The molecular formula is C33H50O7. The van der Waals surface area contributed by atoms with Crippen molar-refractivity contribution >= 4 is 11.9 Å². The third-order valence-electron chi connectivity index (χ3n) is 6.73. The Balaban J connectivity index is 2.23. The number of esters is 2. The fraction of sp³-hybridized carbons (Fsp3) is 0.576. The summed E-state index contributed by atoms with van der Waals surface area (Å²) in [5, 5.41) is 28.8. The summed E-state index contributed by atoms with van der Waals surface area (Å²) in [6.07, 6.45) is 17.7. The zero-order valence-electron chi connectivity index (χ0n) is 25.3. The molecule has 0 bridgehead atoms. The molecule has 0 spiro atoms. The summed E-state index contributed by atoms with van der Waals surface area (Å²) in [6.45, 7) is 12.4. The van der Waals surface area contributed by atoms with E-state index in [9.17, 15) is 24.9 Å². The van der Waals surface area contributed by atoms with Crippen LogP contribution in [0.15, 0.2) is 69.8 Å². The molecule has 0 aliphatic carbocycles. The van der Waals surface area contributed by atoms with E-state index in [1.807, 2.05) is 6.92 Å². The molecule has 40 heavy (non-hydrogen) atoms. The van der Waals surface area contributed by atoms with Gasteiger partial charge in [0.25, 0.3) is 0 Å². The van der Waals surface area contributed by atoms with Gasteiger partial charge in [0.1, 0.15) is 12.7 Å². The lowest BCUT2D eigenvalue weighted by Gasteiger charge is -2.17. The van der Waals surface area contributed by atoms with Gasteiger partial charge in [-0.25, -0.2) is 4.79 Å². The zero-order valence-corrected chi connectivity index (χ0v) is 25.3. The number of carbonyl (C=O) groups excluding carboxylic acids is 2. The van der Waals surface area contributed by atoms with E-state index in [2.05, 4.69) is 69.7 Å². The molecule has 0 amide bonds. The number of allylic oxidation sites excluding steroid dienone is 10. The molecular weight excluding hydrogens is 508 g/mol. The predicted molar refractivity (Wildman–Crippen MR) is 160 cm³/mol. The fourth-order valence-corrected chi connectivity index (χ4v) is 4.11. The summed E-state index contributed by atoms with van der Waals surface area (Å²) < 4.78 is 9.66. The van der Waals surface area contributed by atoms with Crippen LogP contribution in [0.5, 0.6) is 0 Å². The van der Waals surface area contributed by atoms with Crippen LogP contribution in [0.25, 0.3) is 0 Å². The molecule has 1 aliphatic heterocycles. The van der Waals surface area contributed by atoms with E-state index in [1.54, 1.807) is 0 Å². The lowest BCUT2D eigenvalue weighted by molar-refractivity contribution is -0.154. The van der Waals surface area contributed by atoms with Crippen molar-refractivity contribution in [3.63, 3.8) is 0 Å². The molecule has 0 saturated heterocycles. The second-order valence-electron chi connectivity index (χ2n) is 11.0. The van der Waals surface area contributed by atoms with Crippen molar-refractivity contribution in [1.29, 1.82) is 0 Å². The van der Waals surface area contributed by atoms with Gasteiger partial charge in [0.05, 0.1) is 0 Å². The highest BCUT2D eigenvalue weighted by Gasteiger charge is 2.39. The molecule has 3 N–H and O–H groups in total. The predicted octanol–water partition coefficient (Wildman–Crippen LogP) is 7.80. The smallest absolute Gasteiger partial charge is 0.377 e. The van der Waals surface area contributed by atoms with Gasteiger partial charge in [0.2, 0.25) is 5.76 Å². The minimum atomic E-state index is -1.46. The maximum absolute atomic E-state index is 12.0. The summed E-state index contributed by atoms with van der Waals surface area (Å²) in [6, 6.07) is 0. The molecule has 1 heterocycles. The van der Waals surface area contributed by atoms with Gasteiger partial charge in [-0.15, -0.1) is 0 Å². The molecule has 0 radical (unpaired) electrons. The number of rotatable bonds is 18. The van der Waals surface area contributed by atoms with Gasteiger partial charge in [-0.3, -0.25) is 4.79 Å². The van der Waals surface area contributed by atoms with Crippen molar-refractivity contribution in [2.45, 2.75) is 118 Å². The lowest BCUT2D eigenvalue weighted by Crippen LogP contribution is -2.33. The van der Waals surface area contributed by atoms with Crippen LogP contribution in [0.3, 0.4) is 0 Å². The van der Waals surface area contributed by atoms with E-state index in [0.717, 1.165) is 56.9 Å². The molecule has 224 valence electrons. The van der Waals surface area contributed by atoms with Crippen molar-refractivity contribution < 1.29 is 34.4 Å². The lowest BCUT2D eigenvalue weighted by atomic mass is 10.0. The van der Waals surface area contributed by atoms with E-state index in [-0.39, 0.29) is 6.42 Å². The van der Waals surface area contributed by atoms with Gasteiger partial charge in [0, 0.05) is 6.42 Å². The highest BCUT2D eigenvalue weighted by molar-refractivity contribution is 5.89. The standard InChI is InChI=1S/C33H50O7/c1-23(2)12-9-15-26(5)18-10-16-24(3)13-7-8-14-25(4)17-11-19-27(6)20-21-29(35)39-22-28(34)32-30(36)31(37)33(38)40-32/h12-14,18-19,28,32,34,36-37H,7-11,15-17,20-22H2,1-6H3/b24-13+,25-14+,26-18+,27-19+. The maximum atomic E-state index is 12.0. The first-order valence-electron chi connectivity index (χ1n) is 14.3. The van der Waals surface area contributed by atoms with Crippen LogP contribution < -0.4 is 0 Å². The minimum absolute atomic E-state index is 0.151. The Bertz CT molecular complexity index is 1020. The highest BCUT2D eigenvalue weighted by Crippen LogP contribution is 2.22. The highest BCUT2D eigenvalue weighted by atomic mass is 16.6. The number of carbonyl (C=O) groups is 2. The molecule has 0 aromatic carbocycles. The minimum Gasteiger partial charge on any atom is -0.505 e. The SMILES string of the molecule is CC(C)=CCC/C(C)=C/CC/C(C)=C/CC/C=C(\C)CC/C=C(\C)CCC(=O)OCC(O)C1OC(=O)C(O)=C1O. The zero-order chi connectivity index (χ0) is 30.1. The van der Waals surface area contributed by atoms with Crippen LogP contribution >= 0.6 is 0 Å². The maximum Gasteiger partial charge on any atom is 0.377 e. The Labute approximate surface area is 240 Å². The summed E-state index contributed by atoms with van der Waals surface area (Å²) >= 11 is 0. The van der Waals surface area contributed by atoms with Crippen molar-refractivity contribution in [2.75, 3.05) is 6.61 Å². The summed E-state index contributed by atoms with van der Waals surface area (Å²) in [5.41, 5.74) is 6.74. The first-order chi connectivity index (χ1) is 18.9. The number of hydrogen-bond acceptors (Lipinski definition) is 7. The van der Waals surface area contributed by atoms with E-state index in [0.29, 0.717) is 6.42 Å². The fourth-order valence-electron chi connectivity index (χ4n) is 4.11. The molecule has 0 aromatic rings. The average molecular weight is 559 g/mol. The third kappa shape index (κ3) is 14.9. The van der Waals surface area contributed by atoms with Crippen LogP contribution in [0.2, 0.25) is 0 Å². The van der Waals surface area contributed by atoms with E-state index < -0.39 is 42.3 Å². The van der Waals surface area contributed by atoms with Crippen molar-refractivity contribution in [1.82, 2.24) is 0 Å². The third-order valence-corrected chi connectivity index (χ3v) is 6.73. The van der Waals surface area contributed by atoms with Crippen molar-refractivity contribution in [3.05, 3.63) is 69.8 Å². The molecule has 7 nitrogen and oxygen atoms in total. The molecule has 1 rings (SSSR count). The molecule has 0 fully saturated rings. The van der Waals surface area contributed by atoms with Crippen molar-refractivity contribution in [3.8, 4) is 0 Å². The number of aliphatic hydroxyl groups excluding tert-OH is 3. The molecule has 0 saturated carbocycles. The second kappa shape index (κ2) is 19.1. The van der Waals surface area contributed by atoms with Gasteiger partial charge in [-0.05, 0) is 99.3 Å². The van der Waals surface area contributed by atoms with Crippen LogP contribution in [0.4, 0.5) is 0 Å². The molecule has 1 aliphatic rings. The van der Waals surface area contributed by atoms with Crippen LogP contribution in [-0.4, -0.2) is 46.1 Å². The molecule has 0 aromatic heterocycles. The van der Waals surface area contributed by atoms with Crippen LogP contribution in [-0.2, 0) is 19.1 Å². The average Bonchev–Trinajstić information content (AvgIpc) is 3.15. The Hall–Kier alpha value is -3.06. The van der Waals surface area contributed by atoms with E-state index in [1.165, 1.54) is 22.3 Å². The Morgan fingerprint density at radius 1 is 0.750 bits per heavy atom. The summed E-state index contributed by atoms with van der Waals surface area (Å²) in [4.78, 5) is 23.2. The Kier molecular flexibility index (Phi) is 16.7. The number of unbranched alkanes of at least 4 members (excludes halogenated alkanes) is 1. The Morgan fingerprint density at radius 3 is 1.65 bits per heavy atom. The van der Waals surface area contributed by atoms with Gasteiger partial charge >= 0.3 is 11.9 Å². The molecule has 7 heteroatoms. The number of hydrogen-bond donors (Lipinski definition) is 3. The number of aliphatic hydroxyl groups is 3. The number of cyclic esters (lactones) is 1. The molecule has 2 unspecified atom stereocenters. The van der Waals surface area contributed by atoms with Crippen LogP contribution in [0.1, 0.15) is 106 Å². The Morgan fingerprint density at radius 2 is 1.20 bits per heavy atom. The van der Waals surface area contributed by atoms with Gasteiger partial charge in [-0.2, -0.15) is 0 Å². The van der Waals surface area contributed by atoms with E-state index >= 15 is 0 Å². The quantitative estimate of drug-likeness (QED) is 0.0893. The number of ether oxygens (including phenoxy) is 2. The summed E-state index contributed by atoms with van der Waals surface area (Å²) in [7, 11) is 0. The normalized spacial score (nSPS) is 17.7. The van der Waals surface area contributed by atoms with Gasteiger partial charge in [0.15, 0.2) is 11.9 Å². The monoisotopic (exact) mass is 558 g/mol. The molecule has 2 atom stereocenters. The topological polar surface area (TPSA) is 113 Å². The van der Waals surface area contributed by atoms with Gasteiger partial charge in [-0.1, -0.05) is 58.2 Å². The first-order valence-corrected chi connectivity index (χ1v) is 14.3. The largest absolute Gasteiger partial charge is 0.505 e. The van der Waals surface area contributed by atoms with Crippen LogP contribution in [0, 0.1) is 0 Å².